The molecule has 0 radical (unpaired) electrons. The highest BCUT2D eigenvalue weighted by Gasteiger charge is 2.20. The minimum Gasteiger partial charge on any atom is -0.389 e. The van der Waals surface area contributed by atoms with Crippen molar-refractivity contribution in [2.45, 2.75) is 6.10 Å². The number of amides is 2. The zero-order valence-electron chi connectivity index (χ0n) is 14.9. The molecule has 0 saturated carbocycles. The predicted molar refractivity (Wildman–Crippen MR) is 106 cm³/mol. The van der Waals surface area contributed by atoms with Crippen LogP contribution < -0.4 is 15.3 Å². The molecule has 1 atom stereocenters. The summed E-state index contributed by atoms with van der Waals surface area (Å²) in [5.41, 5.74) is 1.17. The first-order chi connectivity index (χ1) is 13.4. The SMILES string of the molecule is O=C(NC[C@H](O)CN(O)c1ccc(N2CCOCC2=O)cc1)c1ccc(Cl)s1. The quantitative estimate of drug-likeness (QED) is 0.584. The number of carbonyl (C=O) groups excluding carboxylic acids is 2. The first-order valence-electron chi connectivity index (χ1n) is 8.60. The van der Waals surface area contributed by atoms with Crippen LogP contribution in [0.4, 0.5) is 11.4 Å². The number of carbonyl (C=O) groups is 2. The first kappa shape index (κ1) is 20.6. The normalized spacial score (nSPS) is 15.4. The molecule has 8 nitrogen and oxygen atoms in total. The van der Waals surface area contributed by atoms with Crippen LogP contribution in [0.2, 0.25) is 4.34 Å². The number of hydrogen-bond donors (Lipinski definition) is 3. The third-order valence-electron chi connectivity index (χ3n) is 4.12. The molecular weight excluding hydrogens is 406 g/mol. The van der Waals surface area contributed by atoms with Crippen molar-refractivity contribution in [3.05, 3.63) is 45.6 Å². The number of aliphatic hydroxyl groups excluding tert-OH is 1. The summed E-state index contributed by atoms with van der Waals surface area (Å²) < 4.78 is 5.61. The molecule has 0 bridgehead atoms. The van der Waals surface area contributed by atoms with Gasteiger partial charge in [-0.1, -0.05) is 11.6 Å². The number of aliphatic hydroxyl groups is 1. The molecule has 1 aliphatic heterocycles. The van der Waals surface area contributed by atoms with Crippen LogP contribution in [0.5, 0.6) is 0 Å². The molecule has 2 amide bonds. The number of anilines is 2. The summed E-state index contributed by atoms with van der Waals surface area (Å²) in [6.07, 6.45) is -0.982. The van der Waals surface area contributed by atoms with Gasteiger partial charge in [-0.25, -0.2) is 0 Å². The van der Waals surface area contributed by atoms with E-state index in [1.54, 1.807) is 41.3 Å². The molecule has 1 aromatic heterocycles. The average molecular weight is 426 g/mol. The monoisotopic (exact) mass is 425 g/mol. The van der Waals surface area contributed by atoms with Gasteiger partial charge in [0.05, 0.1) is 34.2 Å². The minimum absolute atomic E-state index is 0.0220. The van der Waals surface area contributed by atoms with Gasteiger partial charge in [0.15, 0.2) is 0 Å². The zero-order valence-corrected chi connectivity index (χ0v) is 16.4. The molecular formula is C18H20ClN3O5S. The lowest BCUT2D eigenvalue weighted by Crippen LogP contribution is -2.41. The van der Waals surface area contributed by atoms with E-state index >= 15 is 0 Å². The third-order valence-corrected chi connectivity index (χ3v) is 5.35. The largest absolute Gasteiger partial charge is 0.389 e. The Kier molecular flexibility index (Phi) is 6.87. The molecule has 150 valence electrons. The van der Waals surface area contributed by atoms with Crippen LogP contribution in [0.15, 0.2) is 36.4 Å². The number of morpholine rings is 1. The Balaban J connectivity index is 1.50. The van der Waals surface area contributed by atoms with E-state index in [0.717, 1.165) is 16.4 Å². The molecule has 28 heavy (non-hydrogen) atoms. The molecule has 3 N–H and O–H groups in total. The van der Waals surface area contributed by atoms with Crippen LogP contribution in [0.1, 0.15) is 9.67 Å². The fraction of sp³-hybridized carbons (Fsp3) is 0.333. The zero-order chi connectivity index (χ0) is 20.1. The number of benzene rings is 1. The van der Waals surface area contributed by atoms with E-state index in [9.17, 15) is 19.9 Å². The fourth-order valence-electron chi connectivity index (χ4n) is 2.70. The fourth-order valence-corrected chi connectivity index (χ4v) is 3.66. The van der Waals surface area contributed by atoms with E-state index in [0.29, 0.717) is 33.7 Å². The van der Waals surface area contributed by atoms with E-state index in [4.69, 9.17) is 16.3 Å². The highest BCUT2D eigenvalue weighted by molar-refractivity contribution is 7.17. The predicted octanol–water partition coefficient (Wildman–Crippen LogP) is 1.75. The average Bonchev–Trinajstić information content (AvgIpc) is 3.13. The van der Waals surface area contributed by atoms with Gasteiger partial charge in [-0.15, -0.1) is 11.3 Å². The number of rotatable bonds is 7. The van der Waals surface area contributed by atoms with Crippen molar-refractivity contribution >= 4 is 46.1 Å². The molecule has 1 fully saturated rings. The molecule has 0 spiro atoms. The summed E-state index contributed by atoms with van der Waals surface area (Å²) in [6, 6.07) is 9.97. The molecule has 2 aromatic rings. The van der Waals surface area contributed by atoms with E-state index < -0.39 is 6.10 Å². The second-order valence-electron chi connectivity index (χ2n) is 6.16. The van der Waals surface area contributed by atoms with Crippen LogP contribution >= 0.6 is 22.9 Å². The maximum absolute atomic E-state index is 11.9. The van der Waals surface area contributed by atoms with Crippen LogP contribution in [-0.2, 0) is 9.53 Å². The summed E-state index contributed by atoms with van der Waals surface area (Å²) in [7, 11) is 0. The lowest BCUT2D eigenvalue weighted by molar-refractivity contribution is -0.125. The van der Waals surface area contributed by atoms with Gasteiger partial charge in [-0.3, -0.25) is 19.9 Å². The number of halogens is 1. The van der Waals surface area contributed by atoms with Gasteiger partial charge in [0, 0.05) is 18.8 Å². The van der Waals surface area contributed by atoms with Gasteiger partial charge < -0.3 is 20.1 Å². The number of hydroxylamine groups is 1. The van der Waals surface area contributed by atoms with E-state index in [1.165, 1.54) is 0 Å². The number of nitrogens with one attached hydrogen (secondary N) is 1. The minimum atomic E-state index is -0.982. The summed E-state index contributed by atoms with van der Waals surface area (Å²) in [4.78, 5) is 25.9. The van der Waals surface area contributed by atoms with Crippen molar-refractivity contribution in [2.75, 3.05) is 42.8 Å². The van der Waals surface area contributed by atoms with E-state index in [-0.39, 0.29) is 31.5 Å². The van der Waals surface area contributed by atoms with Crippen LogP contribution in [-0.4, -0.2) is 61.1 Å². The molecule has 2 heterocycles. The Hall–Kier alpha value is -2.17. The van der Waals surface area contributed by atoms with Crippen molar-refractivity contribution in [2.24, 2.45) is 0 Å². The summed E-state index contributed by atoms with van der Waals surface area (Å²) in [5, 5.41) is 23.7. The first-order valence-corrected chi connectivity index (χ1v) is 9.79. The molecule has 1 aliphatic rings. The van der Waals surface area contributed by atoms with Crippen molar-refractivity contribution < 1.29 is 24.6 Å². The molecule has 3 rings (SSSR count). The van der Waals surface area contributed by atoms with Crippen molar-refractivity contribution in [1.29, 1.82) is 0 Å². The van der Waals surface area contributed by atoms with Gasteiger partial charge in [0.25, 0.3) is 11.8 Å². The van der Waals surface area contributed by atoms with Crippen molar-refractivity contribution in [1.82, 2.24) is 5.32 Å². The van der Waals surface area contributed by atoms with E-state index in [1.807, 2.05) is 0 Å². The second kappa shape index (κ2) is 9.35. The molecule has 0 unspecified atom stereocenters. The molecule has 1 saturated heterocycles. The second-order valence-corrected chi connectivity index (χ2v) is 7.88. The summed E-state index contributed by atoms with van der Waals surface area (Å²) in [5.74, 6) is -0.446. The topological polar surface area (TPSA) is 102 Å². The lowest BCUT2D eigenvalue weighted by Gasteiger charge is -2.27. The Labute approximate surface area is 170 Å². The van der Waals surface area contributed by atoms with E-state index in [2.05, 4.69) is 5.32 Å². The number of ether oxygens (including phenoxy) is 1. The summed E-state index contributed by atoms with van der Waals surface area (Å²) in [6.45, 7) is 0.903. The Morgan fingerprint density at radius 3 is 2.71 bits per heavy atom. The standard InChI is InChI=1S/C18H20ClN3O5S/c19-16-6-5-15(28-16)18(25)20-9-14(23)10-22(26)13-3-1-12(2-4-13)21-7-8-27-11-17(21)24/h1-6,14,23,26H,7-11H2,(H,20,25)/t14-/m0/s1. The van der Waals surface area contributed by atoms with Gasteiger partial charge in [0.2, 0.25) is 0 Å². The van der Waals surface area contributed by atoms with Crippen molar-refractivity contribution in [3.63, 3.8) is 0 Å². The van der Waals surface area contributed by atoms with Gasteiger partial charge >= 0.3 is 0 Å². The Bertz CT molecular complexity index is 829. The van der Waals surface area contributed by atoms with Crippen molar-refractivity contribution in [3.8, 4) is 0 Å². The van der Waals surface area contributed by atoms with Gasteiger partial charge in [-0.2, -0.15) is 0 Å². The maximum atomic E-state index is 11.9. The number of hydrogen-bond acceptors (Lipinski definition) is 7. The van der Waals surface area contributed by atoms with Crippen LogP contribution in [0.3, 0.4) is 0 Å². The molecule has 0 aliphatic carbocycles. The third kappa shape index (κ3) is 5.21. The number of thiophene rings is 1. The lowest BCUT2D eigenvalue weighted by atomic mass is 10.2. The summed E-state index contributed by atoms with van der Waals surface area (Å²) >= 11 is 6.94. The highest BCUT2D eigenvalue weighted by atomic mass is 35.5. The number of nitrogens with zero attached hydrogens (tertiary/aromatic N) is 2. The smallest absolute Gasteiger partial charge is 0.261 e. The highest BCUT2D eigenvalue weighted by Crippen LogP contribution is 2.22. The van der Waals surface area contributed by atoms with Crippen LogP contribution in [0, 0.1) is 0 Å². The molecule has 1 aromatic carbocycles. The maximum Gasteiger partial charge on any atom is 0.261 e. The Morgan fingerprint density at radius 2 is 2.07 bits per heavy atom. The van der Waals surface area contributed by atoms with Gasteiger partial charge in [-0.05, 0) is 36.4 Å². The molecule has 10 heteroatoms. The van der Waals surface area contributed by atoms with Crippen LogP contribution in [0.25, 0.3) is 0 Å². The Morgan fingerprint density at radius 1 is 1.32 bits per heavy atom. The van der Waals surface area contributed by atoms with Gasteiger partial charge in [0.1, 0.15) is 6.61 Å².